The number of nitrogens with two attached hydrogens (primary N) is 1. The molecule has 0 aromatic carbocycles. The van der Waals surface area contributed by atoms with Crippen molar-refractivity contribution in [3.05, 3.63) is 0 Å². The molecule has 0 fully saturated rings. The third kappa shape index (κ3) is 11.8. The van der Waals surface area contributed by atoms with E-state index in [1.807, 2.05) is 0 Å². The van der Waals surface area contributed by atoms with Crippen LogP contribution >= 0.6 is 0 Å². The molecule has 0 saturated carbocycles. The number of hydrogen-bond acceptors (Lipinski definition) is 3. The van der Waals surface area contributed by atoms with E-state index in [1.165, 1.54) is 32.2 Å². The van der Waals surface area contributed by atoms with Gasteiger partial charge >= 0.3 is 0 Å². The molecule has 0 heterocycles. The van der Waals surface area contributed by atoms with Gasteiger partial charge in [-0.2, -0.15) is 0 Å². The summed E-state index contributed by atoms with van der Waals surface area (Å²) in [5.74, 6) is 0.499. The maximum absolute atomic E-state index is 5.52. The molecule has 0 amide bonds. The van der Waals surface area contributed by atoms with Crippen LogP contribution in [0.1, 0.15) is 32.6 Å². The minimum atomic E-state index is 0.499. The molecule has 15 heavy (non-hydrogen) atoms. The summed E-state index contributed by atoms with van der Waals surface area (Å²) in [5, 5.41) is 0. The SMILES string of the molecule is CC(CN)COCCCCCCN(C)C. The minimum absolute atomic E-state index is 0.499. The Morgan fingerprint density at radius 2 is 1.80 bits per heavy atom. The molecule has 0 aliphatic heterocycles. The van der Waals surface area contributed by atoms with Crippen LogP contribution in [0, 0.1) is 5.92 Å². The first-order valence-electron chi connectivity index (χ1n) is 6.09. The lowest BCUT2D eigenvalue weighted by Gasteiger charge is -2.10. The lowest BCUT2D eigenvalue weighted by Crippen LogP contribution is -2.16. The Morgan fingerprint density at radius 1 is 1.13 bits per heavy atom. The fourth-order valence-corrected chi connectivity index (χ4v) is 1.34. The van der Waals surface area contributed by atoms with Gasteiger partial charge in [0, 0.05) is 6.61 Å². The Morgan fingerprint density at radius 3 is 2.40 bits per heavy atom. The standard InChI is InChI=1S/C12H28N2O/c1-12(10-13)11-15-9-7-5-4-6-8-14(2)3/h12H,4-11,13H2,1-3H3. The fraction of sp³-hybridized carbons (Fsp3) is 1.00. The maximum atomic E-state index is 5.52. The number of hydrogen-bond donors (Lipinski definition) is 1. The van der Waals surface area contributed by atoms with E-state index < -0.39 is 0 Å². The topological polar surface area (TPSA) is 38.5 Å². The van der Waals surface area contributed by atoms with Crippen molar-refractivity contribution in [3.63, 3.8) is 0 Å². The van der Waals surface area contributed by atoms with E-state index in [4.69, 9.17) is 10.5 Å². The van der Waals surface area contributed by atoms with Gasteiger partial charge < -0.3 is 15.4 Å². The molecule has 0 aliphatic carbocycles. The first kappa shape index (κ1) is 14.9. The van der Waals surface area contributed by atoms with Gasteiger partial charge in [-0.3, -0.25) is 0 Å². The van der Waals surface area contributed by atoms with Gasteiger partial charge in [-0.15, -0.1) is 0 Å². The van der Waals surface area contributed by atoms with Crippen molar-refractivity contribution in [2.75, 3.05) is 40.4 Å². The zero-order valence-corrected chi connectivity index (χ0v) is 10.7. The molecular weight excluding hydrogens is 188 g/mol. The summed E-state index contributed by atoms with van der Waals surface area (Å²) in [6.45, 7) is 5.76. The Bertz CT molecular complexity index is 129. The van der Waals surface area contributed by atoms with Crippen molar-refractivity contribution in [3.8, 4) is 0 Å². The Kier molecular flexibility index (Phi) is 10.3. The van der Waals surface area contributed by atoms with Crippen LogP contribution in [0.4, 0.5) is 0 Å². The highest BCUT2D eigenvalue weighted by Gasteiger charge is 1.98. The largest absolute Gasteiger partial charge is 0.381 e. The van der Waals surface area contributed by atoms with Crippen LogP contribution in [0.25, 0.3) is 0 Å². The van der Waals surface area contributed by atoms with Crippen LogP contribution in [0.15, 0.2) is 0 Å². The Hall–Kier alpha value is -0.120. The summed E-state index contributed by atoms with van der Waals surface area (Å²) in [4.78, 5) is 2.24. The molecule has 0 aromatic rings. The predicted octanol–water partition coefficient (Wildman–Crippen LogP) is 1.72. The molecule has 0 aromatic heterocycles. The second-order valence-electron chi connectivity index (χ2n) is 4.63. The Labute approximate surface area is 95.0 Å². The van der Waals surface area contributed by atoms with Gasteiger partial charge in [-0.05, 0) is 45.9 Å². The third-order valence-corrected chi connectivity index (χ3v) is 2.45. The van der Waals surface area contributed by atoms with Gasteiger partial charge in [0.05, 0.1) is 6.61 Å². The van der Waals surface area contributed by atoms with Crippen molar-refractivity contribution >= 4 is 0 Å². The van der Waals surface area contributed by atoms with Crippen LogP contribution in [0.5, 0.6) is 0 Å². The molecule has 0 bridgehead atoms. The summed E-state index contributed by atoms with van der Waals surface area (Å²) >= 11 is 0. The second-order valence-corrected chi connectivity index (χ2v) is 4.63. The molecule has 0 saturated heterocycles. The first-order valence-corrected chi connectivity index (χ1v) is 6.09. The van der Waals surface area contributed by atoms with Crippen LogP contribution in [0.2, 0.25) is 0 Å². The monoisotopic (exact) mass is 216 g/mol. The van der Waals surface area contributed by atoms with Crippen molar-refractivity contribution in [1.82, 2.24) is 4.90 Å². The predicted molar refractivity (Wildman–Crippen MR) is 66.1 cm³/mol. The highest BCUT2D eigenvalue weighted by molar-refractivity contribution is 4.50. The smallest absolute Gasteiger partial charge is 0.0503 e. The maximum Gasteiger partial charge on any atom is 0.0503 e. The molecule has 0 radical (unpaired) electrons. The van der Waals surface area contributed by atoms with Crippen molar-refractivity contribution in [2.24, 2.45) is 11.7 Å². The molecule has 92 valence electrons. The van der Waals surface area contributed by atoms with E-state index in [9.17, 15) is 0 Å². The van der Waals surface area contributed by atoms with Crippen LogP contribution in [0.3, 0.4) is 0 Å². The lowest BCUT2D eigenvalue weighted by molar-refractivity contribution is 0.103. The summed E-state index contributed by atoms with van der Waals surface area (Å²) in [6.07, 6.45) is 5.08. The molecule has 0 aliphatic rings. The number of unbranched alkanes of at least 4 members (excludes halogenated alkanes) is 3. The zero-order valence-electron chi connectivity index (χ0n) is 10.7. The van der Waals surface area contributed by atoms with Crippen molar-refractivity contribution in [1.29, 1.82) is 0 Å². The van der Waals surface area contributed by atoms with Gasteiger partial charge in [-0.1, -0.05) is 19.8 Å². The summed E-state index contributed by atoms with van der Waals surface area (Å²) in [7, 11) is 4.24. The van der Waals surface area contributed by atoms with E-state index >= 15 is 0 Å². The Balaban J connectivity index is 2.99. The van der Waals surface area contributed by atoms with Crippen molar-refractivity contribution < 1.29 is 4.74 Å². The number of rotatable bonds is 10. The highest BCUT2D eigenvalue weighted by atomic mass is 16.5. The normalized spacial score (nSPS) is 13.4. The van der Waals surface area contributed by atoms with Gasteiger partial charge in [0.15, 0.2) is 0 Å². The zero-order chi connectivity index (χ0) is 11.5. The molecular formula is C12H28N2O. The van der Waals surface area contributed by atoms with Crippen LogP contribution in [-0.4, -0.2) is 45.3 Å². The van der Waals surface area contributed by atoms with E-state index in [-0.39, 0.29) is 0 Å². The van der Waals surface area contributed by atoms with Gasteiger partial charge in [-0.25, -0.2) is 0 Å². The van der Waals surface area contributed by atoms with Crippen molar-refractivity contribution in [2.45, 2.75) is 32.6 Å². The van der Waals surface area contributed by atoms with Gasteiger partial charge in [0.1, 0.15) is 0 Å². The molecule has 3 nitrogen and oxygen atoms in total. The molecule has 1 atom stereocenters. The van der Waals surface area contributed by atoms with Crippen LogP contribution in [-0.2, 0) is 4.74 Å². The van der Waals surface area contributed by atoms with Gasteiger partial charge in [0.25, 0.3) is 0 Å². The van der Waals surface area contributed by atoms with E-state index in [0.29, 0.717) is 5.92 Å². The summed E-state index contributed by atoms with van der Waals surface area (Å²) in [5.41, 5.74) is 5.50. The molecule has 1 unspecified atom stereocenters. The molecule has 2 N–H and O–H groups in total. The molecule has 0 rings (SSSR count). The highest BCUT2D eigenvalue weighted by Crippen LogP contribution is 2.01. The third-order valence-electron chi connectivity index (χ3n) is 2.45. The summed E-state index contributed by atoms with van der Waals surface area (Å²) < 4.78 is 5.52. The molecule has 3 heteroatoms. The summed E-state index contributed by atoms with van der Waals surface area (Å²) in [6, 6.07) is 0. The quantitative estimate of drug-likeness (QED) is 0.565. The average Bonchev–Trinajstić information content (AvgIpc) is 2.21. The number of ether oxygens (including phenoxy) is 1. The average molecular weight is 216 g/mol. The van der Waals surface area contributed by atoms with E-state index in [1.54, 1.807) is 0 Å². The lowest BCUT2D eigenvalue weighted by atomic mass is 10.2. The van der Waals surface area contributed by atoms with Gasteiger partial charge in [0.2, 0.25) is 0 Å². The van der Waals surface area contributed by atoms with Crippen LogP contribution < -0.4 is 5.73 Å². The van der Waals surface area contributed by atoms with E-state index in [2.05, 4.69) is 25.9 Å². The molecule has 0 spiro atoms. The van der Waals surface area contributed by atoms with E-state index in [0.717, 1.165) is 19.8 Å². The minimum Gasteiger partial charge on any atom is -0.381 e. The number of nitrogens with zero attached hydrogens (tertiary/aromatic N) is 1. The first-order chi connectivity index (χ1) is 7.16. The second kappa shape index (κ2) is 10.4. The fourth-order valence-electron chi connectivity index (χ4n) is 1.34.